The first-order valence-corrected chi connectivity index (χ1v) is 8.71. The first-order chi connectivity index (χ1) is 12.8. The fraction of sp³-hybridized carbons (Fsp3) is 0.238. The van der Waals surface area contributed by atoms with E-state index < -0.39 is 0 Å². The highest BCUT2D eigenvalue weighted by atomic mass is 19.1. The Morgan fingerprint density at radius 2 is 1.96 bits per heavy atom. The van der Waals surface area contributed by atoms with Crippen LogP contribution in [0.3, 0.4) is 0 Å². The number of carbonyl (C=O) groups is 1. The molecule has 132 valence electrons. The Labute approximate surface area is 151 Å². The van der Waals surface area contributed by atoms with Gasteiger partial charge in [-0.2, -0.15) is 0 Å². The number of benzene rings is 1. The number of rotatable bonds is 6. The molecule has 5 heteroatoms. The topological polar surface area (TPSA) is 44.1 Å². The molecule has 0 saturated carbocycles. The second-order valence-corrected chi connectivity index (χ2v) is 6.46. The van der Waals surface area contributed by atoms with E-state index >= 15 is 0 Å². The Hall–Kier alpha value is -2.95. The molecule has 0 fully saturated rings. The van der Waals surface area contributed by atoms with Gasteiger partial charge in [-0.1, -0.05) is 12.1 Å². The largest absolute Gasteiger partial charge is 0.467 e. The van der Waals surface area contributed by atoms with Gasteiger partial charge in [-0.05, 0) is 54.3 Å². The maximum atomic E-state index is 13.4. The molecule has 1 aromatic carbocycles. The van der Waals surface area contributed by atoms with Crippen molar-refractivity contribution in [3.05, 3.63) is 77.5 Å². The lowest BCUT2D eigenvalue weighted by Gasteiger charge is -2.17. The smallest absolute Gasteiger partial charge is 0.293 e. The lowest BCUT2D eigenvalue weighted by Crippen LogP contribution is -2.10. The van der Waals surface area contributed by atoms with Gasteiger partial charge in [-0.3, -0.25) is 9.78 Å². The molecule has 1 aliphatic heterocycles. The van der Waals surface area contributed by atoms with E-state index in [2.05, 4.69) is 15.6 Å². The average molecular weight is 350 g/mol. The van der Waals surface area contributed by atoms with E-state index in [1.165, 1.54) is 17.8 Å². The van der Waals surface area contributed by atoms with Crippen LogP contribution in [0.4, 0.5) is 4.39 Å². The molecule has 1 unspecified atom stereocenters. The van der Waals surface area contributed by atoms with Crippen molar-refractivity contribution in [2.45, 2.75) is 25.3 Å². The lowest BCUT2D eigenvalue weighted by atomic mass is 9.91. The molecule has 0 saturated heterocycles. The minimum Gasteiger partial charge on any atom is -0.467 e. The standard InChI is InChI=1S/C21H19FN2O2/c22-17-5-3-15(4-6-17)19(13-26-14-25)18-12-21(16-7-9-23-10-8-16)24-11-1-2-20(18)24/h3-10,12,14,19H,1-2,11,13H2. The summed E-state index contributed by atoms with van der Waals surface area (Å²) in [5, 5.41) is 0. The van der Waals surface area contributed by atoms with Crippen molar-refractivity contribution in [1.29, 1.82) is 0 Å². The van der Waals surface area contributed by atoms with E-state index in [1.54, 1.807) is 24.5 Å². The van der Waals surface area contributed by atoms with E-state index in [0.29, 0.717) is 6.47 Å². The number of pyridine rings is 1. The number of nitrogens with zero attached hydrogens (tertiary/aromatic N) is 2. The molecule has 0 N–H and O–H groups in total. The van der Waals surface area contributed by atoms with Gasteiger partial charge in [-0.15, -0.1) is 0 Å². The number of halogens is 1. The van der Waals surface area contributed by atoms with Crippen molar-refractivity contribution in [2.75, 3.05) is 6.61 Å². The number of ether oxygens (including phenoxy) is 1. The molecule has 2 aromatic heterocycles. The maximum Gasteiger partial charge on any atom is 0.293 e. The van der Waals surface area contributed by atoms with Gasteiger partial charge in [0.2, 0.25) is 0 Å². The van der Waals surface area contributed by atoms with Gasteiger partial charge >= 0.3 is 0 Å². The van der Waals surface area contributed by atoms with Crippen molar-refractivity contribution in [2.24, 2.45) is 0 Å². The van der Waals surface area contributed by atoms with E-state index in [9.17, 15) is 9.18 Å². The van der Waals surface area contributed by atoms with Crippen LogP contribution in [-0.4, -0.2) is 22.6 Å². The van der Waals surface area contributed by atoms with Crippen LogP contribution in [0.15, 0.2) is 54.9 Å². The Balaban J connectivity index is 1.81. The Bertz CT molecular complexity index is 904. The molecule has 4 rings (SSSR count). The second kappa shape index (κ2) is 7.12. The molecule has 3 aromatic rings. The van der Waals surface area contributed by atoms with E-state index in [1.807, 2.05) is 12.1 Å². The zero-order valence-electron chi connectivity index (χ0n) is 14.3. The van der Waals surface area contributed by atoms with Gasteiger partial charge in [0.25, 0.3) is 6.47 Å². The first kappa shape index (κ1) is 16.5. The summed E-state index contributed by atoms with van der Waals surface area (Å²) in [6.45, 7) is 1.68. The molecule has 0 aliphatic carbocycles. The highest BCUT2D eigenvalue weighted by molar-refractivity contribution is 5.63. The fourth-order valence-electron chi connectivity index (χ4n) is 3.81. The molecule has 1 atom stereocenters. The Morgan fingerprint density at radius 1 is 1.19 bits per heavy atom. The van der Waals surface area contributed by atoms with E-state index in [0.717, 1.165) is 41.8 Å². The Morgan fingerprint density at radius 3 is 2.69 bits per heavy atom. The molecule has 4 nitrogen and oxygen atoms in total. The number of aromatic nitrogens is 2. The van der Waals surface area contributed by atoms with E-state index in [-0.39, 0.29) is 18.3 Å². The van der Waals surface area contributed by atoms with Crippen molar-refractivity contribution in [3.8, 4) is 11.3 Å². The van der Waals surface area contributed by atoms with Crippen LogP contribution in [0.25, 0.3) is 11.3 Å². The molecule has 26 heavy (non-hydrogen) atoms. The molecule has 0 spiro atoms. The average Bonchev–Trinajstić information content (AvgIpc) is 3.27. The minimum atomic E-state index is -0.275. The fourth-order valence-corrected chi connectivity index (χ4v) is 3.81. The third-order valence-corrected chi connectivity index (χ3v) is 4.99. The molecule has 0 amide bonds. The maximum absolute atomic E-state index is 13.4. The van der Waals surface area contributed by atoms with Crippen LogP contribution in [0.2, 0.25) is 0 Å². The van der Waals surface area contributed by atoms with Gasteiger partial charge in [0, 0.05) is 41.8 Å². The number of hydrogen-bond acceptors (Lipinski definition) is 3. The summed E-state index contributed by atoms with van der Waals surface area (Å²) in [6.07, 6.45) is 5.65. The third kappa shape index (κ3) is 3.01. The van der Waals surface area contributed by atoms with Gasteiger partial charge in [-0.25, -0.2) is 4.39 Å². The van der Waals surface area contributed by atoms with Crippen LogP contribution >= 0.6 is 0 Å². The minimum absolute atomic E-state index is 0.115. The van der Waals surface area contributed by atoms with Gasteiger partial charge in [0.1, 0.15) is 12.4 Å². The lowest BCUT2D eigenvalue weighted by molar-refractivity contribution is -0.128. The SMILES string of the molecule is O=COCC(c1ccc(F)cc1)c1cc(-c2ccncc2)n2c1CCC2. The van der Waals surface area contributed by atoms with Gasteiger partial charge < -0.3 is 9.30 Å². The predicted octanol–water partition coefficient (Wildman–Crippen LogP) is 3.94. The van der Waals surface area contributed by atoms with Crippen molar-refractivity contribution < 1.29 is 13.9 Å². The van der Waals surface area contributed by atoms with Gasteiger partial charge in [0.15, 0.2) is 0 Å². The summed E-state index contributed by atoms with van der Waals surface area (Å²) < 4.78 is 20.8. The van der Waals surface area contributed by atoms with Crippen molar-refractivity contribution in [3.63, 3.8) is 0 Å². The summed E-state index contributed by atoms with van der Waals surface area (Å²) in [5.41, 5.74) is 5.61. The first-order valence-electron chi connectivity index (χ1n) is 8.71. The molecular formula is C21H19FN2O2. The van der Waals surface area contributed by atoms with Crippen LogP contribution < -0.4 is 0 Å². The van der Waals surface area contributed by atoms with Crippen molar-refractivity contribution in [1.82, 2.24) is 9.55 Å². The Kier molecular flexibility index (Phi) is 4.52. The third-order valence-electron chi connectivity index (χ3n) is 4.99. The monoisotopic (exact) mass is 350 g/mol. The molecule has 0 radical (unpaired) electrons. The summed E-state index contributed by atoms with van der Waals surface area (Å²) in [5.74, 6) is -0.390. The normalized spacial score (nSPS) is 14.0. The van der Waals surface area contributed by atoms with Crippen LogP contribution in [-0.2, 0) is 22.5 Å². The quantitative estimate of drug-likeness (QED) is 0.633. The highest BCUT2D eigenvalue weighted by Crippen LogP contribution is 2.37. The van der Waals surface area contributed by atoms with E-state index in [4.69, 9.17) is 4.74 Å². The van der Waals surface area contributed by atoms with Crippen LogP contribution in [0.1, 0.15) is 29.2 Å². The molecule has 3 heterocycles. The number of hydrogen-bond donors (Lipinski definition) is 0. The molecule has 0 bridgehead atoms. The second-order valence-electron chi connectivity index (χ2n) is 6.46. The molecule has 1 aliphatic rings. The van der Waals surface area contributed by atoms with Gasteiger partial charge in [0.05, 0.1) is 0 Å². The summed E-state index contributed by atoms with van der Waals surface area (Å²) >= 11 is 0. The summed E-state index contributed by atoms with van der Waals surface area (Å²) in [7, 11) is 0. The summed E-state index contributed by atoms with van der Waals surface area (Å²) in [6, 6.07) is 12.6. The summed E-state index contributed by atoms with van der Waals surface area (Å²) in [4.78, 5) is 14.9. The highest BCUT2D eigenvalue weighted by Gasteiger charge is 2.27. The number of fused-ring (bicyclic) bond motifs is 1. The predicted molar refractivity (Wildman–Crippen MR) is 96.2 cm³/mol. The zero-order chi connectivity index (χ0) is 17.9. The van der Waals surface area contributed by atoms with Crippen LogP contribution in [0.5, 0.6) is 0 Å². The van der Waals surface area contributed by atoms with Crippen LogP contribution in [0, 0.1) is 5.82 Å². The molecular weight excluding hydrogens is 331 g/mol. The zero-order valence-corrected chi connectivity index (χ0v) is 14.3. The number of carbonyl (C=O) groups excluding carboxylic acids is 1. The van der Waals surface area contributed by atoms with Crippen molar-refractivity contribution >= 4 is 6.47 Å².